The predicted molar refractivity (Wildman–Crippen MR) is 139 cm³/mol. The van der Waals surface area contributed by atoms with E-state index < -0.39 is 29.9 Å². The minimum atomic E-state index is -5.18. The van der Waals surface area contributed by atoms with E-state index in [0.717, 1.165) is 0 Å². The van der Waals surface area contributed by atoms with Gasteiger partial charge in [0.1, 0.15) is 29.7 Å². The smallest absolute Gasteiger partial charge is 0.471 e. The zero-order valence-corrected chi connectivity index (χ0v) is 21.9. The van der Waals surface area contributed by atoms with Crippen molar-refractivity contribution < 1.29 is 41.4 Å². The summed E-state index contributed by atoms with van der Waals surface area (Å²) in [7, 11) is 1.27. The molecule has 0 radical (unpaired) electrons. The Balaban J connectivity index is 1.43. The number of halogens is 4. The predicted octanol–water partition coefficient (Wildman–Crippen LogP) is 5.54. The van der Waals surface area contributed by atoms with Crippen LogP contribution in [0.3, 0.4) is 0 Å². The van der Waals surface area contributed by atoms with Gasteiger partial charge in [0.2, 0.25) is 0 Å². The van der Waals surface area contributed by atoms with E-state index in [0.29, 0.717) is 38.6 Å². The first-order valence-corrected chi connectivity index (χ1v) is 12.7. The number of anilines is 1. The molecule has 1 aromatic heterocycles. The highest BCUT2D eigenvalue weighted by atomic mass is 19.4. The molecule has 8 nitrogen and oxygen atoms in total. The minimum Gasteiger partial charge on any atom is -0.493 e. The number of hydrogen-bond donors (Lipinski definition) is 0. The second kappa shape index (κ2) is 9.79. The molecule has 2 aliphatic heterocycles. The van der Waals surface area contributed by atoms with Crippen LogP contribution in [0.5, 0.6) is 11.5 Å². The van der Waals surface area contributed by atoms with E-state index in [2.05, 4.69) is 4.98 Å². The molecule has 4 aromatic rings. The summed E-state index contributed by atoms with van der Waals surface area (Å²) >= 11 is 0. The van der Waals surface area contributed by atoms with Crippen molar-refractivity contribution in [2.45, 2.75) is 31.5 Å². The summed E-state index contributed by atoms with van der Waals surface area (Å²) in [5, 5.41) is 0. The van der Waals surface area contributed by atoms with E-state index in [1.165, 1.54) is 37.4 Å². The average Bonchev–Trinajstić information content (AvgIpc) is 3.63. The fraction of sp³-hybridized carbons (Fsp3) is 0.276. The van der Waals surface area contributed by atoms with Gasteiger partial charge in [-0.05, 0) is 31.2 Å². The maximum atomic E-state index is 14.1. The maximum Gasteiger partial charge on any atom is 0.471 e. The van der Waals surface area contributed by atoms with Crippen molar-refractivity contribution in [3.05, 3.63) is 77.4 Å². The number of aromatic nitrogens is 2. The Bertz CT molecular complexity index is 1700. The summed E-state index contributed by atoms with van der Waals surface area (Å²) in [4.78, 5) is 29.8. The van der Waals surface area contributed by atoms with Crippen LogP contribution in [0.25, 0.3) is 16.7 Å². The number of aryl methyl sites for hydroxylation is 1. The Morgan fingerprint density at radius 1 is 1.07 bits per heavy atom. The van der Waals surface area contributed by atoms with Gasteiger partial charge < -0.3 is 14.2 Å². The third-order valence-electron chi connectivity index (χ3n) is 7.36. The highest BCUT2D eigenvalue weighted by molar-refractivity contribution is 5.98. The Hall–Kier alpha value is -4.61. The van der Waals surface area contributed by atoms with E-state index in [1.807, 2.05) is 0 Å². The Morgan fingerprint density at radius 2 is 1.88 bits per heavy atom. The highest BCUT2D eigenvalue weighted by Gasteiger charge is 2.48. The quantitative estimate of drug-likeness (QED) is 0.232. The molecular weight excluding hydrogens is 546 g/mol. The van der Waals surface area contributed by atoms with Gasteiger partial charge in [0.25, 0.3) is 0 Å². The van der Waals surface area contributed by atoms with Crippen molar-refractivity contribution in [3.8, 4) is 17.2 Å². The van der Waals surface area contributed by atoms with E-state index in [4.69, 9.17) is 14.2 Å². The van der Waals surface area contributed by atoms with Gasteiger partial charge in [-0.25, -0.2) is 9.37 Å². The fourth-order valence-electron chi connectivity index (χ4n) is 5.52. The molecule has 3 heterocycles. The van der Waals surface area contributed by atoms with Crippen LogP contribution in [0.1, 0.15) is 35.3 Å². The molecule has 0 fully saturated rings. The topological polar surface area (TPSA) is 82.9 Å². The summed E-state index contributed by atoms with van der Waals surface area (Å²) in [6.45, 7) is 1.62. The van der Waals surface area contributed by atoms with Crippen LogP contribution in [0.2, 0.25) is 0 Å². The van der Waals surface area contributed by atoms with E-state index in [-0.39, 0.29) is 42.7 Å². The lowest BCUT2D eigenvalue weighted by molar-refractivity contribution is -0.171. The second-order valence-electron chi connectivity index (χ2n) is 9.83. The molecule has 0 spiro atoms. The first-order chi connectivity index (χ1) is 19.6. The third kappa shape index (κ3) is 4.52. The Morgan fingerprint density at radius 3 is 2.63 bits per heavy atom. The van der Waals surface area contributed by atoms with E-state index in [9.17, 15) is 27.2 Å². The van der Waals surface area contributed by atoms with Crippen molar-refractivity contribution in [2.24, 2.45) is 0 Å². The van der Waals surface area contributed by atoms with Crippen LogP contribution >= 0.6 is 0 Å². The monoisotopic (exact) mass is 569 g/mol. The summed E-state index contributed by atoms with van der Waals surface area (Å²) in [6, 6.07) is 12.3. The van der Waals surface area contributed by atoms with Crippen LogP contribution in [-0.2, 0) is 14.3 Å². The molecule has 212 valence electrons. The molecule has 3 aromatic carbocycles. The molecule has 0 aliphatic carbocycles. The van der Waals surface area contributed by atoms with Crippen molar-refractivity contribution >= 4 is 28.6 Å². The van der Waals surface area contributed by atoms with Gasteiger partial charge in [0, 0.05) is 34.9 Å². The number of alkyl halides is 3. The molecule has 0 unspecified atom stereocenters. The van der Waals surface area contributed by atoms with Gasteiger partial charge in [-0.3, -0.25) is 19.1 Å². The third-order valence-corrected chi connectivity index (χ3v) is 7.36. The Kier molecular flexibility index (Phi) is 6.35. The number of ether oxygens (including phenoxy) is 3. The van der Waals surface area contributed by atoms with Gasteiger partial charge in [-0.1, -0.05) is 18.2 Å². The lowest BCUT2D eigenvalue weighted by atomic mass is 9.97. The second-order valence-corrected chi connectivity index (χ2v) is 9.83. The molecule has 0 bridgehead atoms. The van der Waals surface area contributed by atoms with Crippen molar-refractivity contribution in [2.75, 3.05) is 25.2 Å². The number of methoxy groups -OCH3 is 1. The van der Waals surface area contributed by atoms with Crippen LogP contribution < -0.4 is 14.4 Å². The van der Waals surface area contributed by atoms with Gasteiger partial charge >= 0.3 is 18.1 Å². The van der Waals surface area contributed by atoms with Crippen molar-refractivity contribution in [1.29, 1.82) is 0 Å². The molecule has 2 aliphatic rings. The number of nitrogens with zero attached hydrogens (tertiary/aromatic N) is 3. The summed E-state index contributed by atoms with van der Waals surface area (Å²) in [6.07, 6.45) is -5.13. The largest absolute Gasteiger partial charge is 0.493 e. The average molecular weight is 570 g/mol. The Labute approximate surface area is 231 Å². The van der Waals surface area contributed by atoms with Gasteiger partial charge in [-0.2, -0.15) is 13.2 Å². The number of amides is 1. The lowest BCUT2D eigenvalue weighted by Crippen LogP contribution is -2.44. The molecule has 41 heavy (non-hydrogen) atoms. The van der Waals surface area contributed by atoms with Gasteiger partial charge in [0.15, 0.2) is 0 Å². The number of benzene rings is 3. The molecule has 1 amide bonds. The lowest BCUT2D eigenvalue weighted by Gasteiger charge is -2.29. The first-order valence-electron chi connectivity index (χ1n) is 12.7. The maximum absolute atomic E-state index is 14.1. The number of hydrogen-bond acceptors (Lipinski definition) is 6. The number of esters is 1. The van der Waals surface area contributed by atoms with Gasteiger partial charge in [-0.15, -0.1) is 0 Å². The fourth-order valence-corrected chi connectivity index (χ4v) is 5.52. The van der Waals surface area contributed by atoms with E-state index >= 15 is 0 Å². The normalized spacial score (nSPS) is 17.5. The number of fused-ring (bicyclic) bond motifs is 3. The number of rotatable bonds is 5. The standard InChI is InChI=1S/C29H23F4N3O5/c1-15-34-21-9-6-17(30)11-23(21)35(15)22-5-3-4-20-24(14-41-27(20)22)36(28(38)29(31,32)33)18-7-8-19-16(10-26(37)39-2)13-40-25(19)12-18/h3-9,11-12,16,24H,10,13-14H2,1-2H3/t16-,24-/m1/s1. The van der Waals surface area contributed by atoms with Crippen molar-refractivity contribution in [1.82, 2.24) is 9.55 Å². The molecular formula is C29H23F4N3O5. The summed E-state index contributed by atoms with van der Waals surface area (Å²) in [5.41, 5.74) is 2.40. The summed E-state index contributed by atoms with van der Waals surface area (Å²) < 4.78 is 73.9. The highest BCUT2D eigenvalue weighted by Crippen LogP contribution is 2.46. The van der Waals surface area contributed by atoms with Gasteiger partial charge in [0.05, 0.1) is 42.9 Å². The number of para-hydroxylation sites is 1. The minimum absolute atomic E-state index is 0.0389. The van der Waals surface area contributed by atoms with Crippen LogP contribution in [0, 0.1) is 12.7 Å². The molecule has 6 rings (SSSR count). The molecule has 2 atom stereocenters. The number of carbonyl (C=O) groups excluding carboxylic acids is 2. The van der Waals surface area contributed by atoms with E-state index in [1.54, 1.807) is 35.8 Å². The van der Waals surface area contributed by atoms with Crippen LogP contribution in [0.15, 0.2) is 54.6 Å². The summed E-state index contributed by atoms with van der Waals surface area (Å²) in [5.74, 6) is -2.24. The SMILES string of the molecule is COC(=O)C[C@@H]1COc2cc(N(C(=O)C(F)(F)F)[C@@H]3COc4c3cccc4-n3c(C)nc4ccc(F)cc43)ccc21. The number of imidazole rings is 1. The first kappa shape index (κ1) is 26.6. The molecule has 0 saturated heterocycles. The zero-order valence-electron chi connectivity index (χ0n) is 21.9. The molecule has 0 N–H and O–H groups in total. The number of carbonyl (C=O) groups is 2. The van der Waals surface area contributed by atoms with Crippen LogP contribution in [-0.4, -0.2) is 47.9 Å². The molecule has 12 heteroatoms. The van der Waals surface area contributed by atoms with Crippen LogP contribution in [0.4, 0.5) is 23.2 Å². The van der Waals surface area contributed by atoms with Crippen molar-refractivity contribution in [3.63, 3.8) is 0 Å². The molecule has 0 saturated carbocycles. The zero-order chi connectivity index (χ0) is 29.1.